The first-order valence-corrected chi connectivity index (χ1v) is 13.9. The molecule has 1 N–H and O–H groups in total. The Morgan fingerprint density at radius 1 is 1.03 bits per heavy atom. The van der Waals surface area contributed by atoms with E-state index in [2.05, 4.69) is 11.4 Å². The SMILES string of the molecule is CNC(=O)c1c(-c2ccc(C)cc2)oc2cc(N(CCCCC#N)S(C)(=O)=O)c(-c3ccccc3)cc12. The standard InChI is InChI=1S/C29H29N3O4S/c1-20-12-14-22(15-13-20)28-27(29(33)31-2)24-18-23(21-10-6-4-7-11-21)25(19-26(24)36-28)32(37(3,34)35)17-9-5-8-16-30/h4,6-7,10-15,18-19H,5,8-9,17H2,1-3H3,(H,31,33). The van der Waals surface area contributed by atoms with E-state index < -0.39 is 10.0 Å². The van der Waals surface area contributed by atoms with Gasteiger partial charge in [-0.1, -0.05) is 60.2 Å². The number of hydrogen-bond acceptors (Lipinski definition) is 5. The maximum Gasteiger partial charge on any atom is 0.255 e. The van der Waals surface area contributed by atoms with E-state index in [9.17, 15) is 13.2 Å². The summed E-state index contributed by atoms with van der Waals surface area (Å²) in [4.78, 5) is 13.1. The van der Waals surface area contributed by atoms with Crippen molar-refractivity contribution in [3.8, 4) is 28.5 Å². The summed E-state index contributed by atoms with van der Waals surface area (Å²) < 4.78 is 33.5. The molecule has 0 fully saturated rings. The second-order valence-electron chi connectivity index (χ2n) is 8.93. The zero-order valence-corrected chi connectivity index (χ0v) is 21.9. The van der Waals surface area contributed by atoms with Crippen molar-refractivity contribution in [2.24, 2.45) is 0 Å². The van der Waals surface area contributed by atoms with Crippen LogP contribution in [0.2, 0.25) is 0 Å². The summed E-state index contributed by atoms with van der Waals surface area (Å²) in [5, 5.41) is 12.2. The Hall–Kier alpha value is -4.09. The van der Waals surface area contributed by atoms with E-state index in [4.69, 9.17) is 9.68 Å². The van der Waals surface area contributed by atoms with E-state index in [1.165, 1.54) is 10.6 Å². The number of unbranched alkanes of at least 4 members (excludes halogenated alkanes) is 2. The van der Waals surface area contributed by atoms with Crippen LogP contribution >= 0.6 is 0 Å². The van der Waals surface area contributed by atoms with Crippen molar-refractivity contribution in [1.29, 1.82) is 5.26 Å². The number of hydrogen-bond donors (Lipinski definition) is 1. The number of rotatable bonds is 9. The number of carbonyl (C=O) groups excluding carboxylic acids is 1. The molecule has 0 atom stereocenters. The molecule has 3 aromatic carbocycles. The van der Waals surface area contributed by atoms with Gasteiger partial charge in [0.25, 0.3) is 5.91 Å². The van der Waals surface area contributed by atoms with Crippen molar-refractivity contribution < 1.29 is 17.6 Å². The minimum atomic E-state index is -3.66. The number of anilines is 1. The number of furan rings is 1. The lowest BCUT2D eigenvalue weighted by Crippen LogP contribution is -2.31. The van der Waals surface area contributed by atoms with Gasteiger partial charge in [0.1, 0.15) is 11.3 Å². The van der Waals surface area contributed by atoms with Crippen LogP contribution in [0.1, 0.15) is 35.2 Å². The number of nitriles is 1. The molecular weight excluding hydrogens is 486 g/mol. The topological polar surface area (TPSA) is 103 Å². The van der Waals surface area contributed by atoms with Crippen LogP contribution in [0, 0.1) is 18.3 Å². The molecule has 7 nitrogen and oxygen atoms in total. The molecule has 1 heterocycles. The number of amides is 1. The van der Waals surface area contributed by atoms with Gasteiger partial charge in [0.2, 0.25) is 10.0 Å². The Bertz CT molecular complexity index is 1570. The van der Waals surface area contributed by atoms with Gasteiger partial charge in [-0.25, -0.2) is 8.42 Å². The molecule has 8 heteroatoms. The highest BCUT2D eigenvalue weighted by Gasteiger charge is 2.27. The van der Waals surface area contributed by atoms with Crippen molar-refractivity contribution in [1.82, 2.24) is 5.32 Å². The molecule has 0 spiro atoms. The molecule has 4 rings (SSSR count). The summed E-state index contributed by atoms with van der Waals surface area (Å²) in [7, 11) is -2.09. The quantitative estimate of drug-likeness (QED) is 0.280. The zero-order valence-electron chi connectivity index (χ0n) is 21.1. The number of benzene rings is 3. The number of nitrogens with zero attached hydrogens (tertiary/aromatic N) is 2. The van der Waals surface area contributed by atoms with Gasteiger partial charge >= 0.3 is 0 Å². The summed E-state index contributed by atoms with van der Waals surface area (Å²) >= 11 is 0. The smallest absolute Gasteiger partial charge is 0.255 e. The minimum Gasteiger partial charge on any atom is -0.455 e. The lowest BCUT2D eigenvalue weighted by atomic mass is 9.98. The van der Waals surface area contributed by atoms with Crippen LogP contribution in [-0.2, 0) is 10.0 Å². The largest absolute Gasteiger partial charge is 0.455 e. The van der Waals surface area contributed by atoms with Gasteiger partial charge in [-0.3, -0.25) is 9.10 Å². The number of aryl methyl sites for hydroxylation is 1. The van der Waals surface area contributed by atoms with Crippen LogP contribution in [0.4, 0.5) is 5.69 Å². The van der Waals surface area contributed by atoms with E-state index in [0.29, 0.717) is 52.8 Å². The zero-order chi connectivity index (χ0) is 26.6. The third kappa shape index (κ3) is 5.52. The average molecular weight is 516 g/mol. The highest BCUT2D eigenvalue weighted by molar-refractivity contribution is 7.92. The van der Waals surface area contributed by atoms with Gasteiger partial charge in [0.15, 0.2) is 0 Å². The van der Waals surface area contributed by atoms with Crippen molar-refractivity contribution in [3.63, 3.8) is 0 Å². The van der Waals surface area contributed by atoms with E-state index in [1.54, 1.807) is 13.1 Å². The van der Waals surface area contributed by atoms with Crippen molar-refractivity contribution in [2.75, 3.05) is 24.2 Å². The summed E-state index contributed by atoms with van der Waals surface area (Å²) in [5.41, 5.74) is 4.58. The van der Waals surface area contributed by atoms with Gasteiger partial charge < -0.3 is 9.73 Å². The van der Waals surface area contributed by atoms with Crippen LogP contribution < -0.4 is 9.62 Å². The van der Waals surface area contributed by atoms with Crippen molar-refractivity contribution in [2.45, 2.75) is 26.2 Å². The van der Waals surface area contributed by atoms with E-state index >= 15 is 0 Å². The summed E-state index contributed by atoms with van der Waals surface area (Å²) in [6.45, 7) is 2.20. The predicted molar refractivity (Wildman–Crippen MR) is 147 cm³/mol. The minimum absolute atomic E-state index is 0.222. The second-order valence-corrected chi connectivity index (χ2v) is 10.8. The third-order valence-corrected chi connectivity index (χ3v) is 7.41. The number of sulfonamides is 1. The second kappa shape index (κ2) is 10.9. The molecule has 0 radical (unpaired) electrons. The molecule has 0 saturated heterocycles. The van der Waals surface area contributed by atoms with E-state index in [1.807, 2.05) is 67.6 Å². The molecule has 1 amide bonds. The monoisotopic (exact) mass is 515 g/mol. The van der Waals surface area contributed by atoms with Crippen LogP contribution in [-0.4, -0.2) is 34.2 Å². The molecule has 0 bridgehead atoms. The number of fused-ring (bicyclic) bond motifs is 1. The molecule has 0 aliphatic carbocycles. The Balaban J connectivity index is 2.00. The Morgan fingerprint density at radius 2 is 1.73 bits per heavy atom. The molecular formula is C29H29N3O4S. The van der Waals surface area contributed by atoms with Crippen LogP contribution in [0.15, 0.2) is 71.1 Å². The van der Waals surface area contributed by atoms with Gasteiger partial charge in [-0.15, -0.1) is 0 Å². The molecule has 37 heavy (non-hydrogen) atoms. The molecule has 0 aliphatic heterocycles. The van der Waals surface area contributed by atoms with Gasteiger partial charge in [-0.2, -0.15) is 5.26 Å². The Morgan fingerprint density at radius 3 is 2.35 bits per heavy atom. The van der Waals surface area contributed by atoms with Crippen LogP contribution in [0.25, 0.3) is 33.4 Å². The maximum atomic E-state index is 13.1. The van der Waals surface area contributed by atoms with E-state index in [-0.39, 0.29) is 12.5 Å². The fourth-order valence-electron chi connectivity index (χ4n) is 4.37. The molecule has 1 aromatic heterocycles. The molecule has 0 unspecified atom stereocenters. The van der Waals surface area contributed by atoms with Crippen molar-refractivity contribution >= 4 is 32.6 Å². The number of nitrogens with one attached hydrogen (secondary N) is 1. The Labute approximate surface area is 217 Å². The molecule has 190 valence electrons. The molecule has 0 aliphatic rings. The third-order valence-electron chi connectivity index (χ3n) is 6.23. The Kier molecular flexibility index (Phi) is 7.65. The molecule has 0 saturated carbocycles. The van der Waals surface area contributed by atoms with Crippen molar-refractivity contribution in [3.05, 3.63) is 77.9 Å². The first kappa shape index (κ1) is 26.0. The first-order valence-electron chi connectivity index (χ1n) is 12.0. The normalized spacial score (nSPS) is 11.3. The highest BCUT2D eigenvalue weighted by Crippen LogP contribution is 2.41. The predicted octanol–water partition coefficient (Wildman–Crippen LogP) is 5.89. The van der Waals surface area contributed by atoms with E-state index in [0.717, 1.165) is 16.7 Å². The number of carbonyl (C=O) groups is 1. The fourth-order valence-corrected chi connectivity index (χ4v) is 5.34. The highest BCUT2D eigenvalue weighted by atomic mass is 32.2. The fraction of sp³-hybridized carbons (Fsp3) is 0.241. The van der Waals surface area contributed by atoms with Crippen LogP contribution in [0.3, 0.4) is 0 Å². The summed E-state index contributed by atoms with van der Waals surface area (Å²) in [5.74, 6) is 0.128. The lowest BCUT2D eigenvalue weighted by molar-refractivity contribution is 0.0964. The van der Waals surface area contributed by atoms with Gasteiger partial charge in [0, 0.05) is 42.6 Å². The average Bonchev–Trinajstić information content (AvgIpc) is 3.26. The lowest BCUT2D eigenvalue weighted by Gasteiger charge is -2.25. The summed E-state index contributed by atoms with van der Waals surface area (Å²) in [6, 6.07) is 22.8. The molecule has 4 aromatic rings. The van der Waals surface area contributed by atoms with Gasteiger partial charge in [-0.05, 0) is 31.4 Å². The van der Waals surface area contributed by atoms with Crippen LogP contribution in [0.5, 0.6) is 0 Å². The summed E-state index contributed by atoms with van der Waals surface area (Å²) in [6.07, 6.45) is 2.65. The maximum absolute atomic E-state index is 13.1. The first-order chi connectivity index (χ1) is 17.7. The van der Waals surface area contributed by atoms with Gasteiger partial charge in [0.05, 0.1) is 23.6 Å².